The minimum absolute atomic E-state index is 0.550. The van der Waals surface area contributed by atoms with Crippen LogP contribution < -0.4 is 4.90 Å². The van der Waals surface area contributed by atoms with Gasteiger partial charge in [0.25, 0.3) is 0 Å². The summed E-state index contributed by atoms with van der Waals surface area (Å²) in [5, 5.41) is 2.08. The molecule has 0 radical (unpaired) electrons. The first-order valence-corrected chi connectivity index (χ1v) is 11.5. The molecular weight excluding hydrogens is 402 g/mol. The van der Waals surface area contributed by atoms with Crippen molar-refractivity contribution in [2.24, 2.45) is 0 Å². The van der Waals surface area contributed by atoms with Crippen LogP contribution in [0, 0.1) is 13.8 Å². The van der Waals surface area contributed by atoms with Gasteiger partial charge in [0.15, 0.2) is 5.82 Å². The van der Waals surface area contributed by atoms with Gasteiger partial charge in [-0.3, -0.25) is 0 Å². The van der Waals surface area contributed by atoms with Crippen molar-refractivity contribution in [2.75, 3.05) is 18.0 Å². The molecule has 1 aliphatic rings. The number of piperidine rings is 1. The first-order chi connectivity index (χ1) is 15.1. The van der Waals surface area contributed by atoms with Crippen LogP contribution in [-0.2, 0) is 6.54 Å². The highest BCUT2D eigenvalue weighted by Gasteiger charge is 2.25. The maximum atomic E-state index is 6.11. The zero-order valence-corrected chi connectivity index (χ0v) is 18.9. The number of anilines is 1. The molecule has 0 N–H and O–H groups in total. The molecule has 1 saturated heterocycles. The van der Waals surface area contributed by atoms with Gasteiger partial charge < -0.3 is 9.47 Å². The number of halogens is 1. The molecule has 2 aromatic carbocycles. The number of hydrogen-bond donors (Lipinski definition) is 0. The van der Waals surface area contributed by atoms with Gasteiger partial charge in [0.05, 0.1) is 5.52 Å². The van der Waals surface area contributed by atoms with Crippen LogP contribution in [0.25, 0.3) is 10.9 Å². The molecule has 4 heteroatoms. The fourth-order valence-electron chi connectivity index (χ4n) is 4.94. The molecule has 3 nitrogen and oxygen atoms in total. The molecule has 4 aromatic rings. The Morgan fingerprint density at radius 1 is 1.00 bits per heavy atom. The molecule has 1 unspecified atom stereocenters. The topological polar surface area (TPSA) is 21.1 Å². The lowest BCUT2D eigenvalue weighted by Crippen LogP contribution is -2.35. The fraction of sp³-hybridized carbons (Fsp3) is 0.296. The molecule has 0 saturated carbocycles. The summed E-state index contributed by atoms with van der Waals surface area (Å²) in [5.41, 5.74) is 6.57. The van der Waals surface area contributed by atoms with Crippen LogP contribution in [0.4, 0.5) is 5.82 Å². The first kappa shape index (κ1) is 20.1. The number of rotatable bonds is 4. The minimum atomic E-state index is 0.550. The predicted octanol–water partition coefficient (Wildman–Crippen LogP) is 6.74. The maximum absolute atomic E-state index is 6.11. The molecule has 31 heavy (non-hydrogen) atoms. The molecule has 1 fully saturated rings. The fourth-order valence-corrected chi connectivity index (χ4v) is 5.07. The summed E-state index contributed by atoms with van der Waals surface area (Å²) < 4.78 is 2.43. The van der Waals surface area contributed by atoms with Gasteiger partial charge in [-0.05, 0) is 61.6 Å². The van der Waals surface area contributed by atoms with Crippen LogP contribution in [-0.4, -0.2) is 22.6 Å². The van der Waals surface area contributed by atoms with E-state index in [4.69, 9.17) is 16.6 Å². The molecule has 0 aliphatic carbocycles. The van der Waals surface area contributed by atoms with Gasteiger partial charge in [-0.2, -0.15) is 0 Å². The second-order valence-corrected chi connectivity index (χ2v) is 9.09. The van der Waals surface area contributed by atoms with E-state index in [2.05, 4.69) is 71.8 Å². The summed E-state index contributed by atoms with van der Waals surface area (Å²) in [6.45, 7) is 7.34. The second-order valence-electron chi connectivity index (χ2n) is 8.65. The molecule has 0 spiro atoms. The Kier molecular flexibility index (Phi) is 5.45. The standard InChI is InChI=1S/C27H28ClN3/c1-19-20(2)31(17-21-10-12-24(28)13-11-21)26-25(19)14-15-29-27(26)30-16-6-9-23(18-30)22-7-4-3-5-8-22/h3-5,7-8,10-15,23H,6,9,16-18H2,1-2H3. The van der Waals surface area contributed by atoms with Gasteiger partial charge >= 0.3 is 0 Å². The minimum Gasteiger partial charge on any atom is -0.354 e. The van der Waals surface area contributed by atoms with Gasteiger partial charge in [0, 0.05) is 47.9 Å². The Bertz CT molecular complexity index is 1190. The monoisotopic (exact) mass is 429 g/mol. The lowest BCUT2D eigenvalue weighted by Gasteiger charge is -2.34. The van der Waals surface area contributed by atoms with Crippen molar-refractivity contribution in [3.05, 3.63) is 94.3 Å². The number of aryl methyl sites for hydroxylation is 1. The van der Waals surface area contributed by atoms with E-state index in [1.807, 2.05) is 18.3 Å². The quantitative estimate of drug-likeness (QED) is 0.358. The molecule has 1 aliphatic heterocycles. The number of benzene rings is 2. The SMILES string of the molecule is Cc1c(C)n(Cc2ccc(Cl)cc2)c2c(N3CCCC(c4ccccc4)C3)nccc12. The molecule has 0 bridgehead atoms. The van der Waals surface area contributed by atoms with Crippen molar-refractivity contribution in [3.8, 4) is 0 Å². The number of pyridine rings is 1. The molecule has 2 aromatic heterocycles. The van der Waals surface area contributed by atoms with Gasteiger partial charge in [0.2, 0.25) is 0 Å². The summed E-state index contributed by atoms with van der Waals surface area (Å²) in [6, 6.07) is 21.3. The molecule has 0 amide bonds. The van der Waals surface area contributed by atoms with Gasteiger partial charge in [-0.25, -0.2) is 4.98 Å². The summed E-state index contributed by atoms with van der Waals surface area (Å²) in [5.74, 6) is 1.66. The van der Waals surface area contributed by atoms with Crippen molar-refractivity contribution in [1.29, 1.82) is 0 Å². The van der Waals surface area contributed by atoms with Crippen molar-refractivity contribution in [2.45, 2.75) is 39.2 Å². The van der Waals surface area contributed by atoms with E-state index in [0.29, 0.717) is 5.92 Å². The van der Waals surface area contributed by atoms with Crippen LogP contribution in [0.15, 0.2) is 66.9 Å². The van der Waals surface area contributed by atoms with Crippen molar-refractivity contribution < 1.29 is 0 Å². The first-order valence-electron chi connectivity index (χ1n) is 11.1. The Labute approximate surface area is 189 Å². The number of aromatic nitrogens is 2. The zero-order chi connectivity index (χ0) is 21.4. The maximum Gasteiger partial charge on any atom is 0.153 e. The van der Waals surface area contributed by atoms with Crippen LogP contribution in [0.1, 0.15) is 41.1 Å². The molecule has 158 valence electrons. The molecular formula is C27H28ClN3. The summed E-state index contributed by atoms with van der Waals surface area (Å²) in [6.07, 6.45) is 4.40. The third-order valence-corrected chi connectivity index (χ3v) is 7.02. The van der Waals surface area contributed by atoms with E-state index in [0.717, 1.165) is 30.5 Å². The Morgan fingerprint density at radius 2 is 1.77 bits per heavy atom. The largest absolute Gasteiger partial charge is 0.354 e. The van der Waals surface area contributed by atoms with Crippen molar-refractivity contribution in [3.63, 3.8) is 0 Å². The van der Waals surface area contributed by atoms with Crippen molar-refractivity contribution >= 4 is 28.3 Å². The number of fused-ring (bicyclic) bond motifs is 1. The second kappa shape index (κ2) is 8.39. The van der Waals surface area contributed by atoms with Gasteiger partial charge in [-0.1, -0.05) is 54.1 Å². The Morgan fingerprint density at radius 3 is 2.55 bits per heavy atom. The number of hydrogen-bond acceptors (Lipinski definition) is 2. The Hall–Kier alpha value is -2.78. The van der Waals surface area contributed by atoms with Crippen molar-refractivity contribution in [1.82, 2.24) is 9.55 Å². The molecule has 5 rings (SSSR count). The van der Waals surface area contributed by atoms with Gasteiger partial charge in [-0.15, -0.1) is 0 Å². The van der Waals surface area contributed by atoms with Gasteiger partial charge in [0.1, 0.15) is 0 Å². The zero-order valence-electron chi connectivity index (χ0n) is 18.2. The highest BCUT2D eigenvalue weighted by molar-refractivity contribution is 6.30. The average molecular weight is 430 g/mol. The molecule has 1 atom stereocenters. The third-order valence-electron chi connectivity index (χ3n) is 6.77. The van der Waals surface area contributed by atoms with Crippen LogP contribution in [0.5, 0.6) is 0 Å². The predicted molar refractivity (Wildman–Crippen MR) is 130 cm³/mol. The summed E-state index contributed by atoms with van der Waals surface area (Å²) in [7, 11) is 0. The lowest BCUT2D eigenvalue weighted by atomic mass is 9.90. The molecule has 3 heterocycles. The Balaban J connectivity index is 1.56. The highest BCUT2D eigenvalue weighted by atomic mass is 35.5. The third kappa shape index (κ3) is 3.83. The normalized spacial score (nSPS) is 16.7. The number of nitrogens with zero attached hydrogens (tertiary/aromatic N) is 3. The smallest absolute Gasteiger partial charge is 0.153 e. The van der Waals surface area contributed by atoms with Crippen LogP contribution in [0.3, 0.4) is 0 Å². The summed E-state index contributed by atoms with van der Waals surface area (Å²) in [4.78, 5) is 7.41. The van der Waals surface area contributed by atoms with E-state index in [1.165, 1.54) is 46.1 Å². The summed E-state index contributed by atoms with van der Waals surface area (Å²) >= 11 is 6.11. The average Bonchev–Trinajstić information content (AvgIpc) is 3.06. The highest BCUT2D eigenvalue weighted by Crippen LogP contribution is 2.36. The van der Waals surface area contributed by atoms with Crippen LogP contribution >= 0.6 is 11.6 Å². The van der Waals surface area contributed by atoms with E-state index in [-0.39, 0.29) is 0 Å². The lowest BCUT2D eigenvalue weighted by molar-refractivity contribution is 0.507. The van der Waals surface area contributed by atoms with Crippen LogP contribution in [0.2, 0.25) is 5.02 Å². The van der Waals surface area contributed by atoms with E-state index in [1.54, 1.807) is 0 Å². The van der Waals surface area contributed by atoms with E-state index >= 15 is 0 Å². The van der Waals surface area contributed by atoms with E-state index < -0.39 is 0 Å². The van der Waals surface area contributed by atoms with E-state index in [9.17, 15) is 0 Å².